The van der Waals surface area contributed by atoms with E-state index in [1.807, 2.05) is 38.1 Å². The van der Waals surface area contributed by atoms with Crippen LogP contribution in [0.15, 0.2) is 36.4 Å². The molecule has 0 aliphatic rings. The van der Waals surface area contributed by atoms with E-state index in [0.717, 1.165) is 11.3 Å². The van der Waals surface area contributed by atoms with E-state index in [0.29, 0.717) is 12.3 Å². The minimum atomic E-state index is -0.599. The summed E-state index contributed by atoms with van der Waals surface area (Å²) in [7, 11) is 0. The SMILES string of the molecule is CCOc1ccc(C(C)Nc2cc(Cl)c(F)c(Cl)c2)cc1. The molecule has 0 heterocycles. The molecule has 0 aliphatic carbocycles. The third-order valence-electron chi connectivity index (χ3n) is 3.06. The predicted molar refractivity (Wildman–Crippen MR) is 86.1 cm³/mol. The van der Waals surface area contributed by atoms with Gasteiger partial charge in [0.15, 0.2) is 5.82 Å². The van der Waals surface area contributed by atoms with Gasteiger partial charge in [0, 0.05) is 11.7 Å². The number of halogens is 3. The third-order valence-corrected chi connectivity index (χ3v) is 3.61. The van der Waals surface area contributed by atoms with Crippen LogP contribution in [-0.2, 0) is 0 Å². The molecule has 2 nitrogen and oxygen atoms in total. The van der Waals surface area contributed by atoms with Crippen LogP contribution in [0.5, 0.6) is 5.75 Å². The van der Waals surface area contributed by atoms with E-state index in [1.165, 1.54) is 12.1 Å². The third kappa shape index (κ3) is 4.02. The van der Waals surface area contributed by atoms with E-state index in [4.69, 9.17) is 27.9 Å². The van der Waals surface area contributed by atoms with Crippen LogP contribution in [0.25, 0.3) is 0 Å². The lowest BCUT2D eigenvalue weighted by Crippen LogP contribution is -2.07. The lowest BCUT2D eigenvalue weighted by molar-refractivity contribution is 0.340. The van der Waals surface area contributed by atoms with Crippen molar-refractivity contribution in [3.05, 3.63) is 57.8 Å². The van der Waals surface area contributed by atoms with Crippen molar-refractivity contribution >= 4 is 28.9 Å². The van der Waals surface area contributed by atoms with Gasteiger partial charge in [-0.3, -0.25) is 0 Å². The van der Waals surface area contributed by atoms with E-state index in [9.17, 15) is 4.39 Å². The molecular weight excluding hydrogens is 312 g/mol. The second kappa shape index (κ2) is 7.01. The first-order valence-electron chi connectivity index (χ1n) is 6.65. The maximum atomic E-state index is 13.4. The zero-order valence-corrected chi connectivity index (χ0v) is 13.3. The van der Waals surface area contributed by atoms with Crippen molar-refractivity contribution in [1.29, 1.82) is 0 Å². The lowest BCUT2D eigenvalue weighted by atomic mass is 10.1. The smallest absolute Gasteiger partial charge is 0.160 e. The largest absolute Gasteiger partial charge is 0.494 e. The summed E-state index contributed by atoms with van der Waals surface area (Å²) < 4.78 is 18.8. The Hall–Kier alpha value is -1.45. The average molecular weight is 328 g/mol. The van der Waals surface area contributed by atoms with Crippen molar-refractivity contribution in [2.24, 2.45) is 0 Å². The molecule has 0 aromatic heterocycles. The van der Waals surface area contributed by atoms with Crippen LogP contribution in [0.3, 0.4) is 0 Å². The Labute approximate surface area is 133 Å². The van der Waals surface area contributed by atoms with Crippen LogP contribution in [0.1, 0.15) is 25.5 Å². The Bertz CT molecular complexity index is 593. The molecule has 0 saturated heterocycles. The summed E-state index contributed by atoms with van der Waals surface area (Å²) in [5, 5.41) is 3.25. The Morgan fingerprint density at radius 2 is 1.71 bits per heavy atom. The molecule has 1 N–H and O–H groups in total. The zero-order chi connectivity index (χ0) is 15.4. The first-order valence-corrected chi connectivity index (χ1v) is 7.40. The van der Waals surface area contributed by atoms with Gasteiger partial charge >= 0.3 is 0 Å². The predicted octanol–water partition coefficient (Wildman–Crippen LogP) is 5.70. The summed E-state index contributed by atoms with van der Waals surface area (Å²) in [6.45, 7) is 4.58. The van der Waals surface area contributed by atoms with Crippen LogP contribution in [0.2, 0.25) is 10.0 Å². The minimum absolute atomic E-state index is 0.00361. The average Bonchev–Trinajstić information content (AvgIpc) is 2.45. The van der Waals surface area contributed by atoms with Crippen LogP contribution >= 0.6 is 23.2 Å². The van der Waals surface area contributed by atoms with E-state index in [-0.39, 0.29) is 16.1 Å². The molecule has 0 fully saturated rings. The summed E-state index contributed by atoms with van der Waals surface area (Å²) in [5.74, 6) is 0.235. The molecule has 2 aromatic rings. The maximum Gasteiger partial charge on any atom is 0.160 e. The van der Waals surface area contributed by atoms with Gasteiger partial charge in [-0.25, -0.2) is 4.39 Å². The topological polar surface area (TPSA) is 21.3 Å². The van der Waals surface area contributed by atoms with Gasteiger partial charge < -0.3 is 10.1 Å². The number of anilines is 1. The first kappa shape index (κ1) is 15.9. The second-order valence-corrected chi connectivity index (χ2v) is 5.44. The summed E-state index contributed by atoms with van der Waals surface area (Å²) in [5.41, 5.74) is 1.75. The molecule has 0 radical (unpaired) electrons. The standard InChI is InChI=1S/C16H16Cl2FNO/c1-3-21-13-6-4-11(5-7-13)10(2)20-12-8-14(17)16(19)15(18)9-12/h4-10,20H,3H2,1-2H3. The molecule has 1 atom stereocenters. The molecule has 0 amide bonds. The molecule has 0 spiro atoms. The summed E-state index contributed by atoms with van der Waals surface area (Å²) in [4.78, 5) is 0. The van der Waals surface area contributed by atoms with Crippen LogP contribution in [0, 0.1) is 5.82 Å². The summed E-state index contributed by atoms with van der Waals surface area (Å²) in [6.07, 6.45) is 0. The number of rotatable bonds is 5. The minimum Gasteiger partial charge on any atom is -0.494 e. The Kier molecular flexibility index (Phi) is 5.32. The highest BCUT2D eigenvalue weighted by molar-refractivity contribution is 6.35. The van der Waals surface area contributed by atoms with Crippen molar-refractivity contribution in [2.45, 2.75) is 19.9 Å². The van der Waals surface area contributed by atoms with Gasteiger partial charge in [-0.05, 0) is 43.7 Å². The van der Waals surface area contributed by atoms with Gasteiger partial charge in [0.1, 0.15) is 5.75 Å². The molecule has 21 heavy (non-hydrogen) atoms. The number of ether oxygens (including phenoxy) is 1. The van der Waals surface area contributed by atoms with Gasteiger partial charge in [0.2, 0.25) is 0 Å². The normalized spacial score (nSPS) is 12.0. The van der Waals surface area contributed by atoms with E-state index < -0.39 is 5.82 Å². The molecule has 0 aliphatic heterocycles. The molecule has 0 saturated carbocycles. The van der Waals surface area contributed by atoms with E-state index in [2.05, 4.69) is 5.32 Å². The van der Waals surface area contributed by atoms with E-state index >= 15 is 0 Å². The highest BCUT2D eigenvalue weighted by Gasteiger charge is 2.10. The van der Waals surface area contributed by atoms with Crippen molar-refractivity contribution in [2.75, 3.05) is 11.9 Å². The monoisotopic (exact) mass is 327 g/mol. The lowest BCUT2D eigenvalue weighted by Gasteiger charge is -2.17. The Morgan fingerprint density at radius 3 is 2.24 bits per heavy atom. The fourth-order valence-electron chi connectivity index (χ4n) is 1.99. The second-order valence-electron chi connectivity index (χ2n) is 4.62. The number of hydrogen-bond donors (Lipinski definition) is 1. The van der Waals surface area contributed by atoms with Crippen molar-refractivity contribution in [3.8, 4) is 5.75 Å². The summed E-state index contributed by atoms with van der Waals surface area (Å²) >= 11 is 11.6. The van der Waals surface area contributed by atoms with E-state index in [1.54, 1.807) is 0 Å². The number of nitrogens with one attached hydrogen (secondary N) is 1. The van der Waals surface area contributed by atoms with Crippen LogP contribution < -0.4 is 10.1 Å². The van der Waals surface area contributed by atoms with Crippen LogP contribution in [-0.4, -0.2) is 6.61 Å². The Morgan fingerprint density at radius 1 is 1.14 bits per heavy atom. The van der Waals surface area contributed by atoms with Gasteiger partial charge in [0.25, 0.3) is 0 Å². The van der Waals surface area contributed by atoms with Gasteiger partial charge in [-0.1, -0.05) is 35.3 Å². The molecule has 2 aromatic carbocycles. The molecule has 5 heteroatoms. The molecule has 112 valence electrons. The highest BCUT2D eigenvalue weighted by Crippen LogP contribution is 2.29. The highest BCUT2D eigenvalue weighted by atomic mass is 35.5. The van der Waals surface area contributed by atoms with Crippen molar-refractivity contribution in [1.82, 2.24) is 0 Å². The Balaban J connectivity index is 2.12. The molecule has 2 rings (SSSR count). The maximum absolute atomic E-state index is 13.4. The fraction of sp³-hybridized carbons (Fsp3) is 0.250. The quantitative estimate of drug-likeness (QED) is 0.710. The van der Waals surface area contributed by atoms with Gasteiger partial charge in [0.05, 0.1) is 16.7 Å². The van der Waals surface area contributed by atoms with Crippen LogP contribution in [0.4, 0.5) is 10.1 Å². The molecule has 0 bridgehead atoms. The number of hydrogen-bond acceptors (Lipinski definition) is 2. The fourth-order valence-corrected chi connectivity index (χ4v) is 2.48. The zero-order valence-electron chi connectivity index (χ0n) is 11.8. The summed E-state index contributed by atoms with van der Waals surface area (Å²) in [6, 6.07) is 10.9. The van der Waals surface area contributed by atoms with Gasteiger partial charge in [-0.2, -0.15) is 0 Å². The molecule has 1 unspecified atom stereocenters. The van der Waals surface area contributed by atoms with Crippen molar-refractivity contribution < 1.29 is 9.13 Å². The number of benzene rings is 2. The molecular formula is C16H16Cl2FNO. The van der Waals surface area contributed by atoms with Gasteiger partial charge in [-0.15, -0.1) is 0 Å². The van der Waals surface area contributed by atoms with Crippen molar-refractivity contribution in [3.63, 3.8) is 0 Å². The first-order chi connectivity index (χ1) is 10.0.